The van der Waals surface area contributed by atoms with Crippen molar-refractivity contribution in [3.63, 3.8) is 0 Å². The summed E-state index contributed by atoms with van der Waals surface area (Å²) < 4.78 is 49.3. The topological polar surface area (TPSA) is 120 Å². The van der Waals surface area contributed by atoms with E-state index in [1.165, 1.54) is 31.6 Å². The first-order valence-electron chi connectivity index (χ1n) is 12.6. The monoisotopic (exact) mass is 574 g/mol. The van der Waals surface area contributed by atoms with E-state index < -0.39 is 30.0 Å². The molecule has 0 aliphatic carbocycles. The molecule has 1 aliphatic heterocycles. The molecule has 2 N–H and O–H groups in total. The highest BCUT2D eigenvalue weighted by Gasteiger charge is 2.39. The van der Waals surface area contributed by atoms with Gasteiger partial charge in [0.2, 0.25) is 11.8 Å². The number of hydrogen-bond acceptors (Lipinski definition) is 7. The summed E-state index contributed by atoms with van der Waals surface area (Å²) in [5, 5.41) is 6.88. The summed E-state index contributed by atoms with van der Waals surface area (Å²) >= 11 is 0. The van der Waals surface area contributed by atoms with Crippen molar-refractivity contribution < 1.29 is 22.9 Å². The van der Waals surface area contributed by atoms with Crippen LogP contribution >= 0.6 is 0 Å². The lowest BCUT2D eigenvalue weighted by atomic mass is 10.0. The number of carbonyl (C=O) groups is 1. The molecule has 1 atom stereocenters. The summed E-state index contributed by atoms with van der Waals surface area (Å²) in [6.07, 6.45) is 3.76. The third kappa shape index (κ3) is 5.93. The van der Waals surface area contributed by atoms with E-state index in [0.29, 0.717) is 47.3 Å². The first-order chi connectivity index (χ1) is 18.2. The number of amides is 2. The number of nitrogens with zero attached hydrogens (tertiary/aromatic N) is 4. The van der Waals surface area contributed by atoms with Crippen LogP contribution in [0.4, 0.5) is 14.9 Å². The fraction of sp³-hybridized carbons (Fsp3) is 0.423. The number of methoxy groups -OCH3 is 1. The zero-order chi connectivity index (χ0) is 28.6. The molecule has 10 nitrogen and oxygen atoms in total. The highest BCUT2D eigenvalue weighted by molar-refractivity contribution is 7.93. The minimum atomic E-state index is -3.52. The molecule has 39 heavy (non-hydrogen) atoms. The fourth-order valence-electron chi connectivity index (χ4n) is 3.91. The number of urea groups is 1. The highest BCUT2D eigenvalue weighted by Crippen LogP contribution is 2.39. The van der Waals surface area contributed by atoms with Gasteiger partial charge < -0.3 is 14.8 Å². The molecular weight excluding hydrogens is 539 g/mol. The van der Waals surface area contributed by atoms with Crippen molar-refractivity contribution in [1.29, 1.82) is 0 Å². The summed E-state index contributed by atoms with van der Waals surface area (Å²) in [4.78, 5) is 17.9. The van der Waals surface area contributed by atoms with Gasteiger partial charge in [0, 0.05) is 30.8 Å². The molecule has 13 heteroatoms. The summed E-state index contributed by atoms with van der Waals surface area (Å²) in [7, 11) is -4.59. The molecule has 2 aromatic heterocycles. The van der Waals surface area contributed by atoms with E-state index in [1.54, 1.807) is 23.7 Å². The van der Waals surface area contributed by atoms with Crippen LogP contribution < -0.4 is 19.5 Å². The maximum atomic E-state index is 14.6. The van der Waals surface area contributed by atoms with Crippen LogP contribution in [0.25, 0.3) is 11.1 Å². The van der Waals surface area contributed by atoms with Gasteiger partial charge in [0.1, 0.15) is 10.7 Å². The summed E-state index contributed by atoms with van der Waals surface area (Å²) in [6, 6.07) is 5.21. The van der Waals surface area contributed by atoms with Gasteiger partial charge in [-0.25, -0.2) is 27.8 Å². The minimum absolute atomic E-state index is 0.233. The number of anilines is 1. The Balaban J connectivity index is 1.78. The molecule has 1 aromatic carbocycles. The number of nitrogens with one attached hydrogen (secondary N) is 2. The first-order valence-corrected chi connectivity index (χ1v) is 17.1. The van der Waals surface area contributed by atoms with Crippen molar-refractivity contribution in [3.8, 4) is 22.9 Å². The van der Waals surface area contributed by atoms with Crippen LogP contribution in [-0.2, 0) is 16.5 Å². The van der Waals surface area contributed by atoms with Crippen LogP contribution in [-0.4, -0.2) is 47.0 Å². The summed E-state index contributed by atoms with van der Waals surface area (Å²) in [6.45, 7) is 12.9. The van der Waals surface area contributed by atoms with Crippen molar-refractivity contribution in [3.05, 3.63) is 48.0 Å². The average Bonchev–Trinajstić information content (AvgIpc) is 3.29. The second-order valence-corrected chi connectivity index (χ2v) is 18.0. The van der Waals surface area contributed by atoms with Crippen molar-refractivity contribution in [2.45, 2.75) is 63.7 Å². The second kappa shape index (κ2) is 10.6. The first kappa shape index (κ1) is 28.6. The number of hydrogen-bond donors (Lipinski definition) is 2. The maximum absolute atomic E-state index is 14.6. The number of rotatable bonds is 6. The van der Waals surface area contributed by atoms with E-state index in [4.69, 9.17) is 13.5 Å². The zero-order valence-corrected chi connectivity index (χ0v) is 25.1. The Morgan fingerprint density at radius 2 is 2.03 bits per heavy atom. The highest BCUT2D eigenvalue weighted by atomic mass is 32.2. The molecule has 0 spiro atoms. The average molecular weight is 575 g/mol. The van der Waals surface area contributed by atoms with E-state index in [1.807, 2.05) is 33.9 Å². The predicted molar refractivity (Wildman–Crippen MR) is 151 cm³/mol. The number of aryl methyl sites for hydroxylation is 2. The molecule has 3 aromatic rings. The van der Waals surface area contributed by atoms with Crippen molar-refractivity contribution in [1.82, 2.24) is 19.5 Å². The molecule has 4 rings (SSSR count). The molecule has 0 radical (unpaired) electrons. The van der Waals surface area contributed by atoms with Crippen molar-refractivity contribution in [2.24, 2.45) is 4.03 Å². The van der Waals surface area contributed by atoms with Crippen LogP contribution in [0.2, 0.25) is 18.1 Å². The van der Waals surface area contributed by atoms with Gasteiger partial charge in [-0.3, -0.25) is 4.03 Å². The van der Waals surface area contributed by atoms with Crippen molar-refractivity contribution in [2.75, 3.05) is 19.0 Å². The van der Waals surface area contributed by atoms with Crippen LogP contribution in [0.3, 0.4) is 0 Å². The molecule has 210 valence electrons. The lowest BCUT2D eigenvalue weighted by Crippen LogP contribution is -2.41. The van der Waals surface area contributed by atoms with Gasteiger partial charge in [0.15, 0.2) is 18.2 Å². The Labute approximate surface area is 229 Å². The Morgan fingerprint density at radius 1 is 1.28 bits per heavy atom. The van der Waals surface area contributed by atoms with Gasteiger partial charge >= 0.3 is 6.03 Å². The third-order valence-corrected chi connectivity index (χ3v) is 14.9. The van der Waals surface area contributed by atoms with E-state index in [0.717, 1.165) is 6.42 Å². The molecule has 1 unspecified atom stereocenters. The minimum Gasteiger partial charge on any atom is -0.481 e. The van der Waals surface area contributed by atoms with Crippen LogP contribution in [0, 0.1) is 12.7 Å². The number of carbonyl (C=O) groups excluding carboxylic acids is 1. The lowest BCUT2D eigenvalue weighted by Gasteiger charge is -2.33. The van der Waals surface area contributed by atoms with Crippen molar-refractivity contribution >= 4 is 29.9 Å². The van der Waals surface area contributed by atoms with E-state index in [-0.39, 0.29) is 9.93 Å². The molecule has 3 heterocycles. The van der Waals surface area contributed by atoms with E-state index >= 15 is 0 Å². The zero-order valence-electron chi connectivity index (χ0n) is 23.3. The maximum Gasteiger partial charge on any atom is 0.331 e. The number of fused-ring (bicyclic) bond motifs is 1. The fourth-order valence-corrected chi connectivity index (χ4v) is 9.16. The van der Waals surface area contributed by atoms with Gasteiger partial charge in [-0.15, -0.1) is 0 Å². The van der Waals surface area contributed by atoms with Crippen LogP contribution in [0.1, 0.15) is 32.8 Å². The van der Waals surface area contributed by atoms with Crippen LogP contribution in [0.15, 0.2) is 45.6 Å². The molecule has 0 saturated carbocycles. The SMILES string of the molecule is COc1cc(-c2cc(F)cc(C)c2NC(=O)NS(=O)(=N[Si](C)(C)C(C)(C)C)c2cnn3c2OCCC3)ccn1. The Bertz CT molecular complexity index is 1530. The molecule has 0 saturated heterocycles. The third-order valence-electron chi connectivity index (χ3n) is 7.03. The lowest BCUT2D eigenvalue weighted by molar-refractivity contribution is 0.224. The van der Waals surface area contributed by atoms with Gasteiger partial charge in [0.25, 0.3) is 0 Å². The predicted octanol–water partition coefficient (Wildman–Crippen LogP) is 5.75. The molecular formula is C26H35FN6O4SSi. The standard InChI is InChI=1S/C26H35FN6O4SSi/c1-17-13-19(27)15-20(18-9-10-28-22(14-18)36-5)23(17)30-25(34)31-38(35,32-39(6,7)26(2,3)4)21-16-29-33-11-8-12-37-24(21)33/h9-10,13-16H,8,11-12H2,1-7H3,(H2,30,31,32,34,35). The molecule has 0 bridgehead atoms. The number of halogens is 1. The van der Waals surface area contributed by atoms with Gasteiger partial charge in [0.05, 0.1) is 25.6 Å². The van der Waals surface area contributed by atoms with E-state index in [2.05, 4.69) is 20.1 Å². The summed E-state index contributed by atoms with van der Waals surface area (Å²) in [5.74, 6) is 0.216. The number of aromatic nitrogens is 3. The van der Waals surface area contributed by atoms with E-state index in [9.17, 15) is 13.4 Å². The molecule has 1 aliphatic rings. The normalized spacial score (nSPS) is 15.0. The second-order valence-electron chi connectivity index (χ2n) is 11.0. The molecule has 2 amide bonds. The quantitative estimate of drug-likeness (QED) is 0.362. The Morgan fingerprint density at radius 3 is 2.72 bits per heavy atom. The smallest absolute Gasteiger partial charge is 0.331 e. The molecule has 0 fully saturated rings. The van der Waals surface area contributed by atoms with Gasteiger partial charge in [-0.05, 0) is 54.4 Å². The number of ether oxygens (including phenoxy) is 2. The van der Waals surface area contributed by atoms with Crippen LogP contribution in [0.5, 0.6) is 11.8 Å². The van der Waals surface area contributed by atoms with Gasteiger partial charge in [-0.2, -0.15) is 5.10 Å². The summed E-state index contributed by atoms with van der Waals surface area (Å²) in [5.41, 5.74) is 1.84. The number of pyridine rings is 1. The number of benzene rings is 1. The van der Waals surface area contributed by atoms with Gasteiger partial charge in [-0.1, -0.05) is 20.8 Å². The largest absolute Gasteiger partial charge is 0.481 e. The Hall–Kier alpha value is -3.45. The Kier molecular flexibility index (Phi) is 7.76.